The molecule has 0 radical (unpaired) electrons. The van der Waals surface area contributed by atoms with Gasteiger partial charge in [-0.25, -0.2) is 0 Å². The van der Waals surface area contributed by atoms with E-state index in [1.54, 1.807) is 0 Å². The first-order chi connectivity index (χ1) is 9.04. The minimum absolute atomic E-state index is 0.111. The molecule has 3 atom stereocenters. The highest BCUT2D eigenvalue weighted by Crippen LogP contribution is 2.33. The van der Waals surface area contributed by atoms with Gasteiger partial charge in [0.05, 0.1) is 7.11 Å². The molecular weight excluding hydrogens is 240 g/mol. The third-order valence-electron chi connectivity index (χ3n) is 4.77. The fraction of sp³-hybridized carbons (Fsp3) is 0.933. The van der Waals surface area contributed by atoms with Crippen molar-refractivity contribution in [1.29, 1.82) is 0 Å². The minimum Gasteiger partial charge on any atom is -0.468 e. The van der Waals surface area contributed by atoms with Gasteiger partial charge in [-0.3, -0.25) is 9.69 Å². The maximum atomic E-state index is 12.1. The molecule has 1 saturated carbocycles. The number of esters is 1. The standard InChI is InChI=1S/C15H30N2O2/c1-6-12(3)17(7-2)13-9-8-10-15(11-13,16-4)14(18)19-5/h12-13,16H,6-11H2,1-5H3. The van der Waals surface area contributed by atoms with Crippen LogP contribution in [0.5, 0.6) is 0 Å². The van der Waals surface area contributed by atoms with Gasteiger partial charge in [-0.15, -0.1) is 0 Å². The first-order valence-electron chi connectivity index (χ1n) is 7.57. The molecule has 0 heterocycles. The van der Waals surface area contributed by atoms with Crippen LogP contribution in [-0.4, -0.2) is 49.2 Å². The van der Waals surface area contributed by atoms with Gasteiger partial charge < -0.3 is 10.1 Å². The van der Waals surface area contributed by atoms with E-state index in [1.807, 2.05) is 7.05 Å². The molecule has 0 aromatic heterocycles. The molecule has 0 spiro atoms. The van der Waals surface area contributed by atoms with Crippen LogP contribution in [0.1, 0.15) is 52.9 Å². The fourth-order valence-electron chi connectivity index (χ4n) is 3.40. The predicted octanol–water partition coefficient (Wildman–Crippen LogP) is 2.18. The monoisotopic (exact) mass is 270 g/mol. The Hall–Kier alpha value is -0.610. The molecule has 0 bridgehead atoms. The molecule has 3 unspecified atom stereocenters. The van der Waals surface area contributed by atoms with Gasteiger partial charge in [-0.05, 0) is 52.6 Å². The maximum Gasteiger partial charge on any atom is 0.326 e. The van der Waals surface area contributed by atoms with Crippen LogP contribution >= 0.6 is 0 Å². The number of likely N-dealkylation sites (N-methyl/N-ethyl adjacent to an activating group) is 1. The van der Waals surface area contributed by atoms with Gasteiger partial charge in [0.1, 0.15) is 5.54 Å². The highest BCUT2D eigenvalue weighted by molar-refractivity contribution is 5.81. The summed E-state index contributed by atoms with van der Waals surface area (Å²) >= 11 is 0. The molecule has 1 aliphatic rings. The lowest BCUT2D eigenvalue weighted by Gasteiger charge is -2.44. The second-order valence-electron chi connectivity index (χ2n) is 5.66. The first kappa shape index (κ1) is 16.4. The van der Waals surface area contributed by atoms with Crippen molar-refractivity contribution in [2.45, 2.75) is 70.5 Å². The van der Waals surface area contributed by atoms with E-state index in [0.29, 0.717) is 12.1 Å². The van der Waals surface area contributed by atoms with Gasteiger partial charge in [0, 0.05) is 12.1 Å². The van der Waals surface area contributed by atoms with Crippen LogP contribution in [0, 0.1) is 0 Å². The highest BCUT2D eigenvalue weighted by Gasteiger charge is 2.44. The van der Waals surface area contributed by atoms with Crippen molar-refractivity contribution in [3.63, 3.8) is 0 Å². The average molecular weight is 270 g/mol. The number of rotatable bonds is 6. The molecule has 112 valence electrons. The summed E-state index contributed by atoms with van der Waals surface area (Å²) in [5, 5.41) is 3.23. The van der Waals surface area contributed by atoms with Crippen molar-refractivity contribution >= 4 is 5.97 Å². The Labute approximate surface area is 117 Å². The van der Waals surface area contributed by atoms with E-state index in [-0.39, 0.29) is 5.97 Å². The zero-order chi connectivity index (χ0) is 14.5. The molecule has 0 saturated heterocycles. The normalized spacial score (nSPS) is 29.3. The van der Waals surface area contributed by atoms with Crippen LogP contribution in [-0.2, 0) is 9.53 Å². The average Bonchev–Trinajstić information content (AvgIpc) is 2.46. The van der Waals surface area contributed by atoms with E-state index < -0.39 is 5.54 Å². The molecule has 19 heavy (non-hydrogen) atoms. The van der Waals surface area contributed by atoms with Crippen LogP contribution in [0.4, 0.5) is 0 Å². The van der Waals surface area contributed by atoms with E-state index in [2.05, 4.69) is 31.0 Å². The molecule has 0 amide bonds. The summed E-state index contributed by atoms with van der Waals surface area (Å²) in [6.07, 6.45) is 5.14. The predicted molar refractivity (Wildman–Crippen MR) is 78.2 cm³/mol. The van der Waals surface area contributed by atoms with Gasteiger partial charge in [-0.2, -0.15) is 0 Å². The minimum atomic E-state index is -0.488. The van der Waals surface area contributed by atoms with E-state index in [4.69, 9.17) is 4.74 Å². The summed E-state index contributed by atoms with van der Waals surface area (Å²) in [4.78, 5) is 14.6. The number of carbonyl (C=O) groups excluding carboxylic acids is 1. The lowest BCUT2D eigenvalue weighted by atomic mass is 9.78. The number of nitrogens with one attached hydrogen (secondary N) is 1. The smallest absolute Gasteiger partial charge is 0.326 e. The van der Waals surface area contributed by atoms with Crippen molar-refractivity contribution in [3.8, 4) is 0 Å². The number of hydrogen-bond donors (Lipinski definition) is 1. The van der Waals surface area contributed by atoms with Gasteiger partial charge in [0.25, 0.3) is 0 Å². The van der Waals surface area contributed by atoms with Crippen LogP contribution in [0.15, 0.2) is 0 Å². The largest absolute Gasteiger partial charge is 0.468 e. The van der Waals surface area contributed by atoms with Crippen molar-refractivity contribution in [1.82, 2.24) is 10.2 Å². The molecule has 0 aliphatic heterocycles. The van der Waals surface area contributed by atoms with E-state index in [0.717, 1.165) is 32.2 Å². The Kier molecular flexibility index (Phi) is 6.27. The second kappa shape index (κ2) is 7.25. The lowest BCUT2D eigenvalue weighted by molar-refractivity contribution is -0.151. The summed E-state index contributed by atoms with van der Waals surface area (Å²) in [5.41, 5.74) is -0.488. The summed E-state index contributed by atoms with van der Waals surface area (Å²) in [5.74, 6) is -0.111. The summed E-state index contributed by atoms with van der Waals surface area (Å²) < 4.78 is 5.01. The van der Waals surface area contributed by atoms with Gasteiger partial charge in [-0.1, -0.05) is 13.8 Å². The molecule has 1 aliphatic carbocycles. The highest BCUT2D eigenvalue weighted by atomic mass is 16.5. The third kappa shape index (κ3) is 3.48. The topological polar surface area (TPSA) is 41.6 Å². The van der Waals surface area contributed by atoms with Gasteiger partial charge in [0.15, 0.2) is 0 Å². The fourth-order valence-corrected chi connectivity index (χ4v) is 3.40. The summed E-state index contributed by atoms with van der Waals surface area (Å²) in [7, 11) is 3.36. The quantitative estimate of drug-likeness (QED) is 0.751. The number of hydrogen-bond acceptors (Lipinski definition) is 4. The maximum absolute atomic E-state index is 12.1. The molecule has 4 nitrogen and oxygen atoms in total. The van der Waals surface area contributed by atoms with Gasteiger partial charge in [0.2, 0.25) is 0 Å². The first-order valence-corrected chi connectivity index (χ1v) is 7.57. The molecular formula is C15H30N2O2. The number of nitrogens with zero attached hydrogens (tertiary/aromatic N) is 1. The number of carbonyl (C=O) groups is 1. The molecule has 0 aromatic rings. The molecule has 1 N–H and O–H groups in total. The van der Waals surface area contributed by atoms with Crippen molar-refractivity contribution in [2.75, 3.05) is 20.7 Å². The number of methoxy groups -OCH3 is 1. The molecule has 1 rings (SSSR count). The SMILES string of the molecule is CCC(C)N(CC)C1CCCC(NC)(C(=O)OC)C1. The Balaban J connectivity index is 2.84. The van der Waals surface area contributed by atoms with E-state index in [1.165, 1.54) is 13.5 Å². The van der Waals surface area contributed by atoms with Crippen LogP contribution in [0.2, 0.25) is 0 Å². The lowest BCUT2D eigenvalue weighted by Crippen LogP contribution is -2.58. The van der Waals surface area contributed by atoms with Crippen LogP contribution in [0.25, 0.3) is 0 Å². The van der Waals surface area contributed by atoms with Crippen LogP contribution in [0.3, 0.4) is 0 Å². The number of ether oxygens (including phenoxy) is 1. The van der Waals surface area contributed by atoms with Crippen molar-refractivity contribution in [3.05, 3.63) is 0 Å². The zero-order valence-corrected chi connectivity index (χ0v) is 13.2. The Bertz CT molecular complexity index is 296. The Morgan fingerprint density at radius 2 is 2.21 bits per heavy atom. The Morgan fingerprint density at radius 3 is 2.68 bits per heavy atom. The van der Waals surface area contributed by atoms with E-state index >= 15 is 0 Å². The third-order valence-corrected chi connectivity index (χ3v) is 4.77. The zero-order valence-electron chi connectivity index (χ0n) is 13.2. The second-order valence-corrected chi connectivity index (χ2v) is 5.66. The van der Waals surface area contributed by atoms with E-state index in [9.17, 15) is 4.79 Å². The van der Waals surface area contributed by atoms with Crippen molar-refractivity contribution < 1.29 is 9.53 Å². The van der Waals surface area contributed by atoms with Crippen LogP contribution < -0.4 is 5.32 Å². The Morgan fingerprint density at radius 1 is 1.53 bits per heavy atom. The summed E-state index contributed by atoms with van der Waals surface area (Å²) in [6.45, 7) is 7.75. The molecule has 0 aromatic carbocycles. The molecule has 1 fully saturated rings. The van der Waals surface area contributed by atoms with Crippen molar-refractivity contribution in [2.24, 2.45) is 0 Å². The summed E-state index contributed by atoms with van der Waals surface area (Å²) in [6, 6.07) is 1.04. The molecule has 4 heteroatoms. The van der Waals surface area contributed by atoms with Gasteiger partial charge >= 0.3 is 5.97 Å².